The van der Waals surface area contributed by atoms with Gasteiger partial charge in [0.2, 0.25) is 6.17 Å². The van der Waals surface area contributed by atoms with Gasteiger partial charge in [0, 0.05) is 6.42 Å². The van der Waals surface area contributed by atoms with Crippen LogP contribution in [0.25, 0.3) is 0 Å². The van der Waals surface area contributed by atoms with Crippen LogP contribution < -0.4 is 0 Å². The van der Waals surface area contributed by atoms with E-state index < -0.39 is 30.9 Å². The maximum Gasteiger partial charge on any atom is 0.316 e. The third-order valence-corrected chi connectivity index (χ3v) is 3.03. The van der Waals surface area contributed by atoms with Crippen molar-refractivity contribution in [3.8, 4) is 0 Å². The van der Waals surface area contributed by atoms with Crippen molar-refractivity contribution in [2.75, 3.05) is 11.5 Å². The summed E-state index contributed by atoms with van der Waals surface area (Å²) in [6.45, 7) is 3.35. The van der Waals surface area contributed by atoms with Crippen molar-refractivity contribution in [1.82, 2.24) is 0 Å². The minimum atomic E-state index is -4.03. The Bertz CT molecular complexity index is 274. The molecule has 0 aromatic rings. The summed E-state index contributed by atoms with van der Waals surface area (Å²) in [5, 5.41) is 0. The van der Waals surface area contributed by atoms with Crippen LogP contribution in [-0.4, -0.2) is 42.1 Å². The largest absolute Gasteiger partial charge is 0.462 e. The number of thioether (sulfide) groups is 1. The minimum absolute atomic E-state index is 0.00233. The number of alkyl halides is 5. The van der Waals surface area contributed by atoms with Crippen LogP contribution in [0, 0.1) is 0 Å². The van der Waals surface area contributed by atoms with Gasteiger partial charge in [-0.1, -0.05) is 0 Å². The number of hydrogen-bond acceptors (Lipinski definition) is 3. The standard InChI is InChI=1S/C11H17F5O2S/c1-7(2)18-8(17)6-19-5-3-4-11(15,16)9(12)10(13)14/h7,9-10H,3-6H2,1-2H3. The van der Waals surface area contributed by atoms with Gasteiger partial charge in [0.05, 0.1) is 11.9 Å². The summed E-state index contributed by atoms with van der Waals surface area (Å²) in [5.74, 6) is -4.36. The zero-order valence-corrected chi connectivity index (χ0v) is 11.5. The molecule has 8 heteroatoms. The lowest BCUT2D eigenvalue weighted by Crippen LogP contribution is -2.35. The van der Waals surface area contributed by atoms with Crippen molar-refractivity contribution < 1.29 is 31.5 Å². The SMILES string of the molecule is CC(C)OC(=O)CSCCCC(F)(F)C(F)C(F)F. The monoisotopic (exact) mass is 308 g/mol. The molecule has 0 saturated carbocycles. The van der Waals surface area contributed by atoms with E-state index in [1.807, 2.05) is 0 Å². The molecule has 1 unspecified atom stereocenters. The molecule has 0 saturated heterocycles. The molecule has 0 N–H and O–H groups in total. The number of halogens is 5. The Labute approximate surface area is 113 Å². The van der Waals surface area contributed by atoms with Gasteiger partial charge in [-0.2, -0.15) is 11.8 Å². The van der Waals surface area contributed by atoms with Gasteiger partial charge in [-0.25, -0.2) is 22.0 Å². The van der Waals surface area contributed by atoms with E-state index >= 15 is 0 Å². The van der Waals surface area contributed by atoms with Crippen LogP contribution in [0.4, 0.5) is 22.0 Å². The van der Waals surface area contributed by atoms with Gasteiger partial charge in [0.1, 0.15) is 0 Å². The zero-order chi connectivity index (χ0) is 15.1. The normalized spacial score (nSPS) is 13.9. The van der Waals surface area contributed by atoms with Crippen LogP contribution in [0.3, 0.4) is 0 Å². The molecule has 0 aliphatic rings. The molecular formula is C11H17F5O2S. The first kappa shape index (κ1) is 18.5. The lowest BCUT2D eigenvalue weighted by Gasteiger charge is -2.19. The van der Waals surface area contributed by atoms with Crippen LogP contribution in [-0.2, 0) is 9.53 Å². The van der Waals surface area contributed by atoms with Crippen molar-refractivity contribution in [2.24, 2.45) is 0 Å². The third-order valence-electron chi connectivity index (χ3n) is 2.01. The fourth-order valence-corrected chi connectivity index (χ4v) is 1.91. The quantitative estimate of drug-likeness (QED) is 0.369. The summed E-state index contributed by atoms with van der Waals surface area (Å²) in [6.07, 6.45) is -8.51. The average Bonchev–Trinajstić information content (AvgIpc) is 2.26. The summed E-state index contributed by atoms with van der Waals surface area (Å²) >= 11 is 1.05. The van der Waals surface area contributed by atoms with Gasteiger partial charge < -0.3 is 4.74 Å². The van der Waals surface area contributed by atoms with E-state index in [0.29, 0.717) is 0 Å². The lowest BCUT2D eigenvalue weighted by atomic mass is 10.1. The van der Waals surface area contributed by atoms with Crippen LogP contribution in [0.2, 0.25) is 0 Å². The average molecular weight is 308 g/mol. The van der Waals surface area contributed by atoms with Crippen molar-refractivity contribution in [3.05, 3.63) is 0 Å². The Balaban J connectivity index is 3.77. The first-order valence-corrected chi connectivity index (χ1v) is 6.89. The van der Waals surface area contributed by atoms with Gasteiger partial charge >= 0.3 is 5.97 Å². The predicted molar refractivity (Wildman–Crippen MR) is 63.6 cm³/mol. The van der Waals surface area contributed by atoms with E-state index in [1.54, 1.807) is 13.8 Å². The Morgan fingerprint density at radius 1 is 1.26 bits per heavy atom. The molecule has 0 fully saturated rings. The molecule has 0 spiro atoms. The van der Waals surface area contributed by atoms with Crippen LogP contribution >= 0.6 is 11.8 Å². The van der Waals surface area contributed by atoms with Crippen molar-refractivity contribution in [3.63, 3.8) is 0 Å². The van der Waals surface area contributed by atoms with Gasteiger partial charge in [-0.3, -0.25) is 4.79 Å². The van der Waals surface area contributed by atoms with Crippen molar-refractivity contribution in [1.29, 1.82) is 0 Å². The Kier molecular flexibility index (Phi) is 8.36. The molecule has 19 heavy (non-hydrogen) atoms. The summed E-state index contributed by atoms with van der Waals surface area (Å²) in [5.41, 5.74) is 0. The fraction of sp³-hybridized carbons (Fsp3) is 0.909. The van der Waals surface area contributed by atoms with E-state index in [1.165, 1.54) is 0 Å². The molecule has 0 aromatic carbocycles. The second-order valence-electron chi connectivity index (χ2n) is 4.19. The first-order chi connectivity index (χ1) is 8.66. The van der Waals surface area contributed by atoms with Gasteiger partial charge in [0.15, 0.2) is 0 Å². The number of rotatable bonds is 9. The van der Waals surface area contributed by atoms with Crippen LogP contribution in [0.5, 0.6) is 0 Å². The maximum atomic E-state index is 12.9. The summed E-state index contributed by atoms with van der Waals surface area (Å²) in [6, 6.07) is 0. The highest BCUT2D eigenvalue weighted by Crippen LogP contribution is 2.31. The molecule has 0 aromatic heterocycles. The van der Waals surface area contributed by atoms with Crippen LogP contribution in [0.1, 0.15) is 26.7 Å². The van der Waals surface area contributed by atoms with Crippen molar-refractivity contribution in [2.45, 2.75) is 51.3 Å². The molecular weight excluding hydrogens is 291 g/mol. The Morgan fingerprint density at radius 2 is 1.84 bits per heavy atom. The summed E-state index contributed by atoms with van der Waals surface area (Å²) in [7, 11) is 0. The number of hydrogen-bond donors (Lipinski definition) is 0. The highest BCUT2D eigenvalue weighted by atomic mass is 32.2. The molecule has 0 radical (unpaired) electrons. The zero-order valence-electron chi connectivity index (χ0n) is 10.7. The van der Waals surface area contributed by atoms with Gasteiger partial charge in [-0.15, -0.1) is 0 Å². The van der Waals surface area contributed by atoms with E-state index in [9.17, 15) is 26.7 Å². The summed E-state index contributed by atoms with van der Waals surface area (Å²) in [4.78, 5) is 11.1. The number of carbonyl (C=O) groups excluding carboxylic acids is 1. The van der Waals surface area contributed by atoms with E-state index in [-0.39, 0.29) is 24.0 Å². The predicted octanol–water partition coefficient (Wildman–Crippen LogP) is 3.69. The highest BCUT2D eigenvalue weighted by molar-refractivity contribution is 7.99. The molecule has 0 aliphatic carbocycles. The van der Waals surface area contributed by atoms with E-state index in [4.69, 9.17) is 4.74 Å². The molecule has 0 rings (SSSR count). The smallest absolute Gasteiger partial charge is 0.316 e. The molecule has 0 aliphatic heterocycles. The minimum Gasteiger partial charge on any atom is -0.462 e. The number of ether oxygens (including phenoxy) is 1. The molecule has 0 bridgehead atoms. The van der Waals surface area contributed by atoms with Crippen molar-refractivity contribution >= 4 is 17.7 Å². The first-order valence-electron chi connectivity index (χ1n) is 5.74. The molecule has 0 heterocycles. The van der Waals surface area contributed by atoms with Gasteiger partial charge in [-0.05, 0) is 26.0 Å². The number of esters is 1. The fourth-order valence-electron chi connectivity index (χ4n) is 1.18. The Morgan fingerprint density at radius 3 is 2.32 bits per heavy atom. The lowest BCUT2D eigenvalue weighted by molar-refractivity contribution is -0.144. The second kappa shape index (κ2) is 8.60. The Hall–Kier alpha value is -0.530. The molecule has 1 atom stereocenters. The van der Waals surface area contributed by atoms with Gasteiger partial charge in [0.25, 0.3) is 12.3 Å². The van der Waals surface area contributed by atoms with Crippen LogP contribution in [0.15, 0.2) is 0 Å². The molecule has 0 amide bonds. The highest BCUT2D eigenvalue weighted by Gasteiger charge is 2.45. The topological polar surface area (TPSA) is 26.3 Å². The second-order valence-corrected chi connectivity index (χ2v) is 5.30. The maximum absolute atomic E-state index is 12.9. The molecule has 2 nitrogen and oxygen atoms in total. The molecule has 114 valence electrons. The third kappa shape index (κ3) is 8.28. The van der Waals surface area contributed by atoms with E-state index in [0.717, 1.165) is 11.8 Å². The summed E-state index contributed by atoms with van der Waals surface area (Å²) < 4.78 is 66.7. The number of carbonyl (C=O) groups is 1. The van der Waals surface area contributed by atoms with E-state index in [2.05, 4.69) is 0 Å².